The van der Waals surface area contributed by atoms with Crippen LogP contribution >= 0.6 is 11.8 Å². The lowest BCUT2D eigenvalue weighted by Crippen LogP contribution is -2.42. The van der Waals surface area contributed by atoms with Crippen LogP contribution in [0, 0.1) is 0 Å². The smallest absolute Gasteiger partial charge is 0.251 e. The van der Waals surface area contributed by atoms with Crippen LogP contribution in [0.25, 0.3) is 0 Å². The van der Waals surface area contributed by atoms with E-state index in [0.717, 1.165) is 10.5 Å². The number of benzene rings is 2. The number of rotatable bonds is 5. The first-order valence-electron chi connectivity index (χ1n) is 7.61. The number of ether oxygens (including phenoxy) is 2. The summed E-state index contributed by atoms with van der Waals surface area (Å²) in [5.41, 5.74) is 1.09. The minimum absolute atomic E-state index is 0.121. The second-order valence-corrected chi connectivity index (χ2v) is 6.29. The molecule has 0 aliphatic carbocycles. The quantitative estimate of drug-likeness (QED) is 0.916. The van der Waals surface area contributed by atoms with Crippen LogP contribution in [0.3, 0.4) is 0 Å². The van der Waals surface area contributed by atoms with E-state index in [1.165, 1.54) is 4.90 Å². The zero-order chi connectivity index (χ0) is 15.9. The fraction of sp³-hybridized carbons (Fsp3) is 0.278. The topological polar surface area (TPSA) is 47.6 Å². The Kier molecular flexibility index (Phi) is 5.69. The van der Waals surface area contributed by atoms with Gasteiger partial charge in [-0.3, -0.25) is 4.79 Å². The summed E-state index contributed by atoms with van der Waals surface area (Å²) in [5, 5.41) is 2.94. The molecule has 1 aliphatic heterocycles. The normalized spacial score (nSPS) is 17.7. The summed E-state index contributed by atoms with van der Waals surface area (Å²) < 4.78 is 10.7. The Bertz CT molecular complexity index is 642. The van der Waals surface area contributed by atoms with Gasteiger partial charge in [0.25, 0.3) is 5.91 Å². The van der Waals surface area contributed by atoms with E-state index in [9.17, 15) is 4.79 Å². The third-order valence-electron chi connectivity index (χ3n) is 3.51. The van der Waals surface area contributed by atoms with Crippen LogP contribution in [0.1, 0.15) is 5.56 Å². The Labute approximate surface area is 140 Å². The summed E-state index contributed by atoms with van der Waals surface area (Å²) in [6, 6.07) is 18.3. The Morgan fingerprint density at radius 3 is 2.65 bits per heavy atom. The number of amides is 1. The van der Waals surface area contributed by atoms with Crippen LogP contribution in [0.15, 0.2) is 64.4 Å². The third kappa shape index (κ3) is 4.58. The Morgan fingerprint density at radius 2 is 1.87 bits per heavy atom. The number of hydrogen-bond acceptors (Lipinski definition) is 4. The molecule has 2 aromatic rings. The van der Waals surface area contributed by atoms with Crippen molar-refractivity contribution < 1.29 is 14.3 Å². The molecule has 0 spiro atoms. The highest BCUT2D eigenvalue weighted by molar-refractivity contribution is 7.99. The molecule has 0 bridgehead atoms. The fourth-order valence-corrected chi connectivity index (χ4v) is 3.27. The lowest BCUT2D eigenvalue weighted by atomic mass is 10.2. The van der Waals surface area contributed by atoms with Gasteiger partial charge in [0.05, 0.1) is 19.8 Å². The highest BCUT2D eigenvalue weighted by Gasteiger charge is 2.22. The van der Waals surface area contributed by atoms with E-state index in [2.05, 4.69) is 23.5 Å². The molecule has 23 heavy (non-hydrogen) atoms. The molecule has 4 nitrogen and oxygen atoms in total. The van der Waals surface area contributed by atoms with Crippen LogP contribution in [0.4, 0.5) is 0 Å². The zero-order valence-electron chi connectivity index (χ0n) is 12.7. The molecular formula is C18H19NO3S. The molecule has 0 saturated carbocycles. The predicted molar refractivity (Wildman–Crippen MR) is 89.4 cm³/mol. The van der Waals surface area contributed by atoms with Gasteiger partial charge in [-0.2, -0.15) is 0 Å². The Hall–Kier alpha value is -1.82. The molecule has 2 aromatic carbocycles. The van der Waals surface area contributed by atoms with Gasteiger partial charge in [-0.1, -0.05) is 48.2 Å². The van der Waals surface area contributed by atoms with Gasteiger partial charge in [0.15, 0.2) is 6.10 Å². The minimum atomic E-state index is -0.502. The van der Waals surface area contributed by atoms with Gasteiger partial charge in [-0.25, -0.2) is 0 Å². The van der Waals surface area contributed by atoms with Crippen molar-refractivity contribution in [3.05, 3.63) is 60.2 Å². The summed E-state index contributed by atoms with van der Waals surface area (Å²) in [5.74, 6) is -0.121. The standard InChI is InChI=1S/C18H19NO3S/c20-18(16-13-21-10-11-22-16)19-12-14-6-4-5-9-17(14)23-15-7-2-1-3-8-15/h1-9,16H,10-13H2,(H,19,20). The van der Waals surface area contributed by atoms with Crippen molar-refractivity contribution in [1.82, 2.24) is 5.32 Å². The van der Waals surface area contributed by atoms with Crippen LogP contribution in [-0.4, -0.2) is 31.8 Å². The lowest BCUT2D eigenvalue weighted by Gasteiger charge is -2.22. The largest absolute Gasteiger partial charge is 0.376 e. The minimum Gasteiger partial charge on any atom is -0.376 e. The zero-order valence-corrected chi connectivity index (χ0v) is 13.6. The van der Waals surface area contributed by atoms with Crippen molar-refractivity contribution in [2.45, 2.75) is 22.4 Å². The number of hydrogen-bond donors (Lipinski definition) is 1. The van der Waals surface area contributed by atoms with Crippen LogP contribution < -0.4 is 5.32 Å². The molecule has 1 atom stereocenters. The highest BCUT2D eigenvalue weighted by atomic mass is 32.2. The summed E-state index contributed by atoms with van der Waals surface area (Å²) in [6.45, 7) is 1.83. The fourth-order valence-electron chi connectivity index (χ4n) is 2.30. The molecule has 0 radical (unpaired) electrons. The molecule has 1 aliphatic rings. The van der Waals surface area contributed by atoms with E-state index in [4.69, 9.17) is 9.47 Å². The first kappa shape index (κ1) is 16.1. The summed E-state index contributed by atoms with van der Waals surface area (Å²) in [7, 11) is 0. The SMILES string of the molecule is O=C(NCc1ccccc1Sc1ccccc1)C1COCCO1. The summed E-state index contributed by atoms with van der Waals surface area (Å²) >= 11 is 1.69. The maximum absolute atomic E-state index is 12.1. The van der Waals surface area contributed by atoms with Gasteiger partial charge in [-0.05, 0) is 23.8 Å². The maximum Gasteiger partial charge on any atom is 0.251 e. The van der Waals surface area contributed by atoms with Gasteiger partial charge < -0.3 is 14.8 Å². The van der Waals surface area contributed by atoms with Crippen LogP contribution in [0.2, 0.25) is 0 Å². The van der Waals surface area contributed by atoms with Gasteiger partial charge in [0.2, 0.25) is 0 Å². The Balaban J connectivity index is 1.62. The molecule has 1 heterocycles. The second kappa shape index (κ2) is 8.15. The molecule has 1 amide bonds. The number of carbonyl (C=O) groups excluding carboxylic acids is 1. The van der Waals surface area contributed by atoms with E-state index in [0.29, 0.717) is 26.4 Å². The second-order valence-electron chi connectivity index (χ2n) is 5.17. The highest BCUT2D eigenvalue weighted by Crippen LogP contribution is 2.30. The van der Waals surface area contributed by atoms with Crippen molar-refractivity contribution >= 4 is 17.7 Å². The third-order valence-corrected chi connectivity index (χ3v) is 4.63. The van der Waals surface area contributed by atoms with E-state index in [1.54, 1.807) is 11.8 Å². The summed E-state index contributed by atoms with van der Waals surface area (Å²) in [6.07, 6.45) is -0.502. The van der Waals surface area contributed by atoms with E-state index < -0.39 is 6.10 Å². The van der Waals surface area contributed by atoms with E-state index in [-0.39, 0.29) is 5.91 Å². The number of carbonyl (C=O) groups is 1. The van der Waals surface area contributed by atoms with Gasteiger partial charge in [-0.15, -0.1) is 0 Å². The first-order chi connectivity index (χ1) is 11.3. The lowest BCUT2D eigenvalue weighted by molar-refractivity contribution is -0.147. The number of nitrogens with one attached hydrogen (secondary N) is 1. The Morgan fingerprint density at radius 1 is 1.09 bits per heavy atom. The van der Waals surface area contributed by atoms with Crippen molar-refractivity contribution in [3.63, 3.8) is 0 Å². The van der Waals surface area contributed by atoms with Gasteiger partial charge in [0.1, 0.15) is 0 Å². The maximum atomic E-state index is 12.1. The van der Waals surface area contributed by atoms with Crippen molar-refractivity contribution in [1.29, 1.82) is 0 Å². The molecule has 1 N–H and O–H groups in total. The monoisotopic (exact) mass is 329 g/mol. The summed E-state index contributed by atoms with van der Waals surface area (Å²) in [4.78, 5) is 14.4. The molecule has 1 saturated heterocycles. The van der Waals surface area contributed by atoms with Gasteiger partial charge in [0, 0.05) is 16.3 Å². The average molecular weight is 329 g/mol. The molecule has 0 aromatic heterocycles. The molecule has 5 heteroatoms. The first-order valence-corrected chi connectivity index (χ1v) is 8.42. The van der Waals surface area contributed by atoms with E-state index in [1.807, 2.05) is 36.4 Å². The van der Waals surface area contributed by atoms with Crippen molar-refractivity contribution in [3.8, 4) is 0 Å². The van der Waals surface area contributed by atoms with Crippen molar-refractivity contribution in [2.24, 2.45) is 0 Å². The molecule has 1 unspecified atom stereocenters. The van der Waals surface area contributed by atoms with Crippen LogP contribution in [0.5, 0.6) is 0 Å². The molecule has 3 rings (SSSR count). The van der Waals surface area contributed by atoms with E-state index >= 15 is 0 Å². The molecule has 1 fully saturated rings. The van der Waals surface area contributed by atoms with Crippen LogP contribution in [-0.2, 0) is 20.8 Å². The average Bonchev–Trinajstić information content (AvgIpc) is 2.62. The van der Waals surface area contributed by atoms with Gasteiger partial charge >= 0.3 is 0 Å². The molecular weight excluding hydrogens is 310 g/mol. The molecule has 120 valence electrons. The van der Waals surface area contributed by atoms with Crippen molar-refractivity contribution in [2.75, 3.05) is 19.8 Å². The predicted octanol–water partition coefficient (Wildman–Crippen LogP) is 2.87.